The molecule has 0 radical (unpaired) electrons. The maximum atomic E-state index is 12.4. The van der Waals surface area contributed by atoms with Crippen molar-refractivity contribution in [3.63, 3.8) is 0 Å². The maximum absolute atomic E-state index is 12.4. The molecule has 166 valence electrons. The van der Waals surface area contributed by atoms with E-state index in [0.717, 1.165) is 36.9 Å². The zero-order valence-electron chi connectivity index (χ0n) is 17.4. The third-order valence-electron chi connectivity index (χ3n) is 5.18. The van der Waals surface area contributed by atoms with Crippen LogP contribution in [0.4, 0.5) is 11.4 Å². The lowest BCUT2D eigenvalue weighted by atomic mass is 10.1. The zero-order valence-corrected chi connectivity index (χ0v) is 19.0. The molecule has 0 atom stereocenters. The van der Waals surface area contributed by atoms with Crippen LogP contribution in [0.3, 0.4) is 0 Å². The Morgan fingerprint density at radius 3 is 2.47 bits per heavy atom. The Labute approximate surface area is 193 Å². The molecule has 0 unspecified atom stereocenters. The highest BCUT2D eigenvalue weighted by Gasteiger charge is 2.21. The van der Waals surface area contributed by atoms with E-state index in [2.05, 4.69) is 14.6 Å². The second kappa shape index (κ2) is 10.1. The average Bonchev–Trinajstić information content (AvgIpc) is 2.80. The van der Waals surface area contributed by atoms with Crippen molar-refractivity contribution in [3.05, 3.63) is 89.1 Å². The van der Waals surface area contributed by atoms with Gasteiger partial charge in [-0.3, -0.25) is 9.71 Å². The van der Waals surface area contributed by atoms with Crippen molar-refractivity contribution in [1.82, 2.24) is 4.98 Å². The highest BCUT2D eigenvalue weighted by atomic mass is 35.5. The van der Waals surface area contributed by atoms with E-state index in [1.54, 1.807) is 54.9 Å². The van der Waals surface area contributed by atoms with E-state index in [0.29, 0.717) is 16.5 Å². The van der Waals surface area contributed by atoms with Gasteiger partial charge in [0.1, 0.15) is 11.9 Å². The lowest BCUT2D eigenvalue weighted by Gasteiger charge is -2.33. The molecular weight excluding hydrogens is 446 g/mol. The molecule has 2 heterocycles. The van der Waals surface area contributed by atoms with Crippen LogP contribution < -0.4 is 14.4 Å². The van der Waals surface area contributed by atoms with Gasteiger partial charge in [-0.15, -0.1) is 0 Å². The highest BCUT2D eigenvalue weighted by Crippen LogP contribution is 2.25. The molecule has 0 aliphatic carbocycles. The van der Waals surface area contributed by atoms with Gasteiger partial charge in [-0.25, -0.2) is 8.42 Å². The van der Waals surface area contributed by atoms with E-state index in [1.165, 1.54) is 11.8 Å². The number of rotatable bonds is 7. The largest absolute Gasteiger partial charge is 0.490 e. The van der Waals surface area contributed by atoms with Crippen LogP contribution in [-0.4, -0.2) is 32.6 Å². The number of pyridine rings is 1. The molecule has 2 aromatic carbocycles. The summed E-state index contributed by atoms with van der Waals surface area (Å²) < 4.78 is 33.6. The Morgan fingerprint density at radius 2 is 1.75 bits per heavy atom. The lowest BCUT2D eigenvalue weighted by molar-refractivity contribution is 0.171. The van der Waals surface area contributed by atoms with Gasteiger partial charge in [-0.2, -0.15) is 0 Å². The SMILES string of the molecule is O=S(=O)(/C=C/c1ccc(Cl)cc1)Nc1cccc(OC2CCN(c3ccncc3)CC2)c1. The molecule has 1 N–H and O–H groups in total. The number of nitrogens with zero attached hydrogens (tertiary/aromatic N) is 2. The number of sulfonamides is 1. The van der Waals surface area contributed by atoms with Crippen LogP contribution in [0.5, 0.6) is 5.75 Å². The van der Waals surface area contributed by atoms with E-state index in [9.17, 15) is 8.42 Å². The number of nitrogens with one attached hydrogen (secondary N) is 1. The van der Waals surface area contributed by atoms with Crippen LogP contribution >= 0.6 is 11.6 Å². The topological polar surface area (TPSA) is 71.5 Å². The molecule has 1 saturated heterocycles. The van der Waals surface area contributed by atoms with Gasteiger partial charge in [0.05, 0.1) is 11.1 Å². The summed E-state index contributed by atoms with van der Waals surface area (Å²) in [5, 5.41) is 1.74. The molecule has 32 heavy (non-hydrogen) atoms. The van der Waals surface area contributed by atoms with E-state index in [4.69, 9.17) is 16.3 Å². The molecule has 1 aliphatic heterocycles. The number of aromatic nitrogens is 1. The van der Waals surface area contributed by atoms with E-state index in [-0.39, 0.29) is 6.10 Å². The summed E-state index contributed by atoms with van der Waals surface area (Å²) in [5.74, 6) is 0.647. The number of ether oxygens (including phenoxy) is 1. The van der Waals surface area contributed by atoms with Crippen molar-refractivity contribution in [2.75, 3.05) is 22.7 Å². The first-order valence-electron chi connectivity index (χ1n) is 10.3. The van der Waals surface area contributed by atoms with Gasteiger partial charge in [0, 0.05) is 55.1 Å². The Morgan fingerprint density at radius 1 is 1.03 bits per heavy atom. The minimum Gasteiger partial charge on any atom is -0.490 e. The van der Waals surface area contributed by atoms with Crippen molar-refractivity contribution < 1.29 is 13.2 Å². The first-order valence-corrected chi connectivity index (χ1v) is 12.3. The molecule has 8 heteroatoms. The average molecular weight is 470 g/mol. The smallest absolute Gasteiger partial charge is 0.255 e. The minimum atomic E-state index is -3.66. The molecule has 1 aliphatic rings. The standard InChI is InChI=1S/C24H24ClN3O3S/c25-20-6-4-19(5-7-20)12-17-32(29,30)27-21-2-1-3-24(18-21)31-23-10-15-28(16-11-23)22-8-13-26-14-9-22/h1-9,12-14,17-18,23,27H,10-11,15-16H2/b17-12+. The summed E-state index contributed by atoms with van der Waals surface area (Å²) in [6, 6.07) is 18.0. The number of hydrogen-bond donors (Lipinski definition) is 1. The van der Waals surface area contributed by atoms with E-state index < -0.39 is 10.0 Å². The number of benzene rings is 2. The van der Waals surface area contributed by atoms with Gasteiger partial charge >= 0.3 is 0 Å². The molecule has 6 nitrogen and oxygen atoms in total. The number of halogens is 1. The molecule has 0 bridgehead atoms. The summed E-state index contributed by atoms with van der Waals surface area (Å²) in [7, 11) is -3.66. The Kier molecular flexibility index (Phi) is 6.97. The predicted octanol–water partition coefficient (Wildman–Crippen LogP) is 5.20. The molecule has 1 aromatic heterocycles. The van der Waals surface area contributed by atoms with Crippen LogP contribution in [0.25, 0.3) is 6.08 Å². The summed E-state index contributed by atoms with van der Waals surface area (Å²) in [6.45, 7) is 1.80. The Bertz CT molecular complexity index is 1160. The van der Waals surface area contributed by atoms with Crippen molar-refractivity contribution in [1.29, 1.82) is 0 Å². The number of piperidine rings is 1. The minimum absolute atomic E-state index is 0.0877. The first-order chi connectivity index (χ1) is 15.5. The molecule has 0 spiro atoms. The van der Waals surface area contributed by atoms with Crippen LogP contribution in [0.2, 0.25) is 5.02 Å². The molecule has 1 fully saturated rings. The van der Waals surface area contributed by atoms with Crippen molar-refractivity contribution in [2.24, 2.45) is 0 Å². The molecule has 3 aromatic rings. The van der Waals surface area contributed by atoms with Crippen molar-refractivity contribution >= 4 is 39.1 Å². The second-order valence-electron chi connectivity index (χ2n) is 7.54. The second-order valence-corrected chi connectivity index (χ2v) is 9.54. The van der Waals surface area contributed by atoms with Gasteiger partial charge in [0.25, 0.3) is 10.0 Å². The summed E-state index contributed by atoms with van der Waals surface area (Å²) in [4.78, 5) is 6.38. The third-order valence-corrected chi connectivity index (χ3v) is 6.44. The normalized spacial score (nSPS) is 15.1. The summed E-state index contributed by atoms with van der Waals surface area (Å²) in [5.41, 5.74) is 2.37. The number of hydrogen-bond acceptors (Lipinski definition) is 5. The van der Waals surface area contributed by atoms with Gasteiger partial charge in [0.15, 0.2) is 0 Å². The van der Waals surface area contributed by atoms with Gasteiger partial charge in [-0.1, -0.05) is 29.8 Å². The fourth-order valence-corrected chi connectivity index (χ4v) is 4.54. The fourth-order valence-electron chi connectivity index (χ4n) is 3.55. The van der Waals surface area contributed by atoms with Crippen LogP contribution in [0.1, 0.15) is 18.4 Å². The Hall–Kier alpha value is -3.03. The maximum Gasteiger partial charge on any atom is 0.255 e. The predicted molar refractivity (Wildman–Crippen MR) is 130 cm³/mol. The van der Waals surface area contributed by atoms with Crippen LogP contribution in [-0.2, 0) is 10.0 Å². The fraction of sp³-hybridized carbons (Fsp3) is 0.208. The Balaban J connectivity index is 1.34. The van der Waals surface area contributed by atoms with Gasteiger partial charge in [0.2, 0.25) is 0 Å². The van der Waals surface area contributed by atoms with Crippen LogP contribution in [0, 0.1) is 0 Å². The lowest BCUT2D eigenvalue weighted by Crippen LogP contribution is -2.38. The van der Waals surface area contributed by atoms with Crippen LogP contribution in [0.15, 0.2) is 78.5 Å². The molecular formula is C24H24ClN3O3S. The number of anilines is 2. The van der Waals surface area contributed by atoms with E-state index >= 15 is 0 Å². The summed E-state index contributed by atoms with van der Waals surface area (Å²) >= 11 is 5.86. The van der Waals surface area contributed by atoms with Crippen molar-refractivity contribution in [2.45, 2.75) is 18.9 Å². The molecule has 0 saturated carbocycles. The monoisotopic (exact) mass is 469 g/mol. The molecule has 4 rings (SSSR count). The zero-order chi connectivity index (χ0) is 22.4. The first kappa shape index (κ1) is 22.2. The quantitative estimate of drug-likeness (QED) is 0.515. The third kappa shape index (κ3) is 6.24. The van der Waals surface area contributed by atoms with Gasteiger partial charge in [-0.05, 0) is 48.0 Å². The van der Waals surface area contributed by atoms with Crippen molar-refractivity contribution in [3.8, 4) is 5.75 Å². The summed E-state index contributed by atoms with van der Waals surface area (Å²) in [6.07, 6.45) is 6.99. The highest BCUT2D eigenvalue weighted by molar-refractivity contribution is 7.95. The van der Waals surface area contributed by atoms with Gasteiger partial charge < -0.3 is 9.64 Å². The molecule has 0 amide bonds. The van der Waals surface area contributed by atoms with E-state index in [1.807, 2.05) is 18.2 Å².